The highest BCUT2D eigenvalue weighted by Gasteiger charge is 2.26. The summed E-state index contributed by atoms with van der Waals surface area (Å²) in [5, 5.41) is 7.47. The Hall–Kier alpha value is -2.39. The average molecular weight is 345 g/mol. The van der Waals surface area contributed by atoms with Gasteiger partial charge in [-0.15, -0.1) is 0 Å². The van der Waals surface area contributed by atoms with E-state index in [2.05, 4.69) is 82.7 Å². The second-order valence-corrected chi connectivity index (χ2v) is 7.44. The molecule has 3 heteroatoms. The van der Waals surface area contributed by atoms with Gasteiger partial charge in [0.15, 0.2) is 0 Å². The summed E-state index contributed by atoms with van der Waals surface area (Å²) in [6.07, 6.45) is 4.45. The van der Waals surface area contributed by atoms with Crippen molar-refractivity contribution >= 4 is 0 Å². The lowest BCUT2D eigenvalue weighted by Gasteiger charge is -2.35. The highest BCUT2D eigenvalue weighted by molar-refractivity contribution is 5.33. The summed E-state index contributed by atoms with van der Waals surface area (Å²) in [5.74, 6) is 0.984. The number of piperidine rings is 1. The van der Waals surface area contributed by atoms with E-state index in [9.17, 15) is 0 Å². The van der Waals surface area contributed by atoms with E-state index in [0.717, 1.165) is 13.1 Å². The summed E-state index contributed by atoms with van der Waals surface area (Å²) >= 11 is 0. The predicted molar refractivity (Wildman–Crippen MR) is 106 cm³/mol. The number of nitrogens with one attached hydrogen (secondary N) is 1. The molecule has 1 aromatic heterocycles. The quantitative estimate of drug-likeness (QED) is 0.725. The van der Waals surface area contributed by atoms with Crippen LogP contribution in [0.15, 0.2) is 66.9 Å². The van der Waals surface area contributed by atoms with Crippen molar-refractivity contribution in [2.75, 3.05) is 19.6 Å². The Morgan fingerprint density at radius 2 is 1.69 bits per heavy atom. The van der Waals surface area contributed by atoms with Gasteiger partial charge in [-0.05, 0) is 43.0 Å². The number of hydrogen-bond acceptors (Lipinski definition) is 2. The molecule has 1 saturated heterocycles. The summed E-state index contributed by atoms with van der Waals surface area (Å²) in [5.41, 5.74) is 5.42. The Kier molecular flexibility index (Phi) is 5.16. The first-order chi connectivity index (χ1) is 12.8. The summed E-state index contributed by atoms with van der Waals surface area (Å²) in [6, 6.07) is 21.9. The largest absolute Gasteiger partial charge is 0.302 e. The minimum absolute atomic E-state index is 0.416. The van der Waals surface area contributed by atoms with Crippen LogP contribution in [0.4, 0.5) is 0 Å². The molecule has 3 aromatic rings. The number of hydrogen-bond donors (Lipinski definition) is 1. The van der Waals surface area contributed by atoms with Crippen LogP contribution in [0.5, 0.6) is 0 Å². The highest BCUT2D eigenvalue weighted by Crippen LogP contribution is 2.31. The maximum absolute atomic E-state index is 4.23. The number of aryl methyl sites for hydroxylation is 1. The average Bonchev–Trinajstić information content (AvgIpc) is 3.14. The van der Waals surface area contributed by atoms with Crippen molar-refractivity contribution < 1.29 is 0 Å². The van der Waals surface area contributed by atoms with Gasteiger partial charge in [-0.3, -0.25) is 5.10 Å². The number of aromatic amines is 1. The molecule has 1 fully saturated rings. The van der Waals surface area contributed by atoms with E-state index in [0.29, 0.717) is 11.8 Å². The molecule has 134 valence electrons. The van der Waals surface area contributed by atoms with Gasteiger partial charge in [0.2, 0.25) is 0 Å². The SMILES string of the molecule is Cc1cn[nH]c1[C@H]1CCCN(CC(c2ccccc2)c2ccccc2)C1. The topological polar surface area (TPSA) is 31.9 Å². The third-order valence-corrected chi connectivity index (χ3v) is 5.63. The summed E-state index contributed by atoms with van der Waals surface area (Å²) < 4.78 is 0. The fourth-order valence-electron chi connectivity index (χ4n) is 4.26. The normalized spacial score (nSPS) is 18.3. The van der Waals surface area contributed by atoms with Crippen molar-refractivity contribution in [3.05, 3.63) is 89.2 Å². The van der Waals surface area contributed by atoms with E-state index in [-0.39, 0.29) is 0 Å². The van der Waals surface area contributed by atoms with Gasteiger partial charge < -0.3 is 4.90 Å². The summed E-state index contributed by atoms with van der Waals surface area (Å²) in [6.45, 7) is 5.52. The smallest absolute Gasteiger partial charge is 0.0519 e. The number of aromatic nitrogens is 2. The number of benzene rings is 2. The lowest BCUT2D eigenvalue weighted by Crippen LogP contribution is -2.37. The Bertz CT molecular complexity index is 770. The van der Waals surface area contributed by atoms with Gasteiger partial charge >= 0.3 is 0 Å². The Morgan fingerprint density at radius 3 is 2.27 bits per heavy atom. The molecule has 0 aliphatic carbocycles. The molecule has 3 nitrogen and oxygen atoms in total. The minimum atomic E-state index is 0.416. The molecule has 0 spiro atoms. The number of rotatable bonds is 5. The first kappa shape index (κ1) is 17.0. The monoisotopic (exact) mass is 345 g/mol. The van der Waals surface area contributed by atoms with Crippen LogP contribution in [0, 0.1) is 6.92 Å². The molecule has 0 radical (unpaired) electrons. The Labute approximate surface area is 156 Å². The number of nitrogens with zero attached hydrogens (tertiary/aromatic N) is 2. The van der Waals surface area contributed by atoms with Crippen molar-refractivity contribution in [3.8, 4) is 0 Å². The summed E-state index contributed by atoms with van der Waals surface area (Å²) in [7, 11) is 0. The van der Waals surface area contributed by atoms with Gasteiger partial charge in [-0.1, -0.05) is 60.7 Å². The van der Waals surface area contributed by atoms with E-state index < -0.39 is 0 Å². The van der Waals surface area contributed by atoms with E-state index in [1.165, 1.54) is 41.8 Å². The number of likely N-dealkylation sites (tertiary alicyclic amines) is 1. The van der Waals surface area contributed by atoms with Gasteiger partial charge in [0, 0.05) is 30.6 Å². The van der Waals surface area contributed by atoms with E-state index >= 15 is 0 Å². The van der Waals surface area contributed by atoms with E-state index in [1.807, 2.05) is 6.20 Å². The fraction of sp³-hybridized carbons (Fsp3) is 0.348. The van der Waals surface area contributed by atoms with Crippen LogP contribution >= 0.6 is 0 Å². The zero-order valence-electron chi connectivity index (χ0n) is 15.4. The molecular weight excluding hydrogens is 318 g/mol. The van der Waals surface area contributed by atoms with Crippen molar-refractivity contribution in [1.82, 2.24) is 15.1 Å². The first-order valence-electron chi connectivity index (χ1n) is 9.63. The van der Waals surface area contributed by atoms with Crippen LogP contribution in [0.1, 0.15) is 47.1 Å². The zero-order valence-corrected chi connectivity index (χ0v) is 15.4. The second kappa shape index (κ2) is 7.88. The maximum atomic E-state index is 4.23. The predicted octanol–water partition coefficient (Wildman–Crippen LogP) is 4.73. The molecule has 0 unspecified atom stereocenters. The van der Waals surface area contributed by atoms with Crippen LogP contribution in [0.2, 0.25) is 0 Å². The van der Waals surface area contributed by atoms with Crippen molar-refractivity contribution in [2.24, 2.45) is 0 Å². The van der Waals surface area contributed by atoms with Crippen LogP contribution < -0.4 is 0 Å². The van der Waals surface area contributed by atoms with Crippen LogP contribution in [-0.4, -0.2) is 34.7 Å². The number of H-pyrrole nitrogens is 1. The molecule has 26 heavy (non-hydrogen) atoms. The lowest BCUT2D eigenvalue weighted by molar-refractivity contribution is 0.200. The molecule has 1 atom stereocenters. The molecule has 1 aliphatic rings. The maximum Gasteiger partial charge on any atom is 0.0519 e. The Morgan fingerprint density at radius 1 is 1.04 bits per heavy atom. The van der Waals surface area contributed by atoms with E-state index in [1.54, 1.807) is 0 Å². The van der Waals surface area contributed by atoms with Gasteiger partial charge in [0.1, 0.15) is 0 Å². The van der Waals surface area contributed by atoms with Gasteiger partial charge in [-0.2, -0.15) is 5.10 Å². The fourth-order valence-corrected chi connectivity index (χ4v) is 4.26. The van der Waals surface area contributed by atoms with Crippen LogP contribution in [0.25, 0.3) is 0 Å². The second-order valence-electron chi connectivity index (χ2n) is 7.44. The van der Waals surface area contributed by atoms with Crippen molar-refractivity contribution in [3.63, 3.8) is 0 Å². The molecule has 2 aromatic carbocycles. The standard InChI is InChI=1S/C23H27N3/c1-18-15-24-25-23(18)21-13-8-14-26(16-21)17-22(19-9-4-2-5-10-19)20-11-6-3-7-12-20/h2-7,9-12,15,21-22H,8,13-14,16-17H2,1H3,(H,24,25)/t21-/m0/s1. The van der Waals surface area contributed by atoms with Crippen LogP contribution in [0.3, 0.4) is 0 Å². The first-order valence-corrected chi connectivity index (χ1v) is 9.63. The summed E-state index contributed by atoms with van der Waals surface area (Å²) in [4.78, 5) is 2.64. The van der Waals surface area contributed by atoms with Crippen LogP contribution in [-0.2, 0) is 0 Å². The molecule has 4 rings (SSSR count). The van der Waals surface area contributed by atoms with E-state index in [4.69, 9.17) is 0 Å². The Balaban J connectivity index is 1.55. The molecular formula is C23H27N3. The lowest BCUT2D eigenvalue weighted by atomic mass is 9.88. The highest BCUT2D eigenvalue weighted by atomic mass is 15.2. The van der Waals surface area contributed by atoms with Gasteiger partial charge in [0.05, 0.1) is 6.20 Å². The van der Waals surface area contributed by atoms with Crippen molar-refractivity contribution in [1.29, 1.82) is 0 Å². The third-order valence-electron chi connectivity index (χ3n) is 5.63. The van der Waals surface area contributed by atoms with Gasteiger partial charge in [0.25, 0.3) is 0 Å². The van der Waals surface area contributed by atoms with Crippen molar-refractivity contribution in [2.45, 2.75) is 31.6 Å². The molecule has 1 aliphatic heterocycles. The minimum Gasteiger partial charge on any atom is -0.302 e. The molecule has 0 amide bonds. The third kappa shape index (κ3) is 3.73. The van der Waals surface area contributed by atoms with Gasteiger partial charge in [-0.25, -0.2) is 0 Å². The molecule has 0 saturated carbocycles. The zero-order chi connectivity index (χ0) is 17.8. The molecule has 0 bridgehead atoms. The molecule has 2 heterocycles. The molecule has 1 N–H and O–H groups in total.